The van der Waals surface area contributed by atoms with Crippen molar-refractivity contribution in [1.82, 2.24) is 60.7 Å². The molecule has 10 aromatic rings. The average molecular weight is 1850 g/mol. The number of pyridine rings is 1. The Bertz CT molecular complexity index is 5780. The third kappa shape index (κ3) is 25.6. The number of carbonyl (C=O) groups is 6. The van der Waals surface area contributed by atoms with Crippen molar-refractivity contribution in [3.05, 3.63) is 209 Å². The highest BCUT2D eigenvalue weighted by Gasteiger charge is 2.33. The van der Waals surface area contributed by atoms with E-state index < -0.39 is 23.5 Å². The van der Waals surface area contributed by atoms with E-state index in [9.17, 15) is 53.6 Å². The Balaban J connectivity index is 0.000000167. The molecular formula is C93H105Cl3FN15O16S. The second-order valence-corrected chi connectivity index (χ2v) is 32.8. The molecular weight excluding hydrogens is 1740 g/mol. The first kappa shape index (κ1) is 97.2. The number of phenolic OH excluding ortho intramolecular Hbond substituents is 4. The van der Waals surface area contributed by atoms with Crippen LogP contribution in [0.5, 0.6) is 34.6 Å². The quantitative estimate of drug-likeness (QED) is 0.0163. The van der Waals surface area contributed by atoms with Gasteiger partial charge in [0, 0.05) is 105 Å². The molecule has 36 heteroatoms. The highest BCUT2D eigenvalue weighted by atomic mass is 35.5. The van der Waals surface area contributed by atoms with Gasteiger partial charge in [0.2, 0.25) is 11.8 Å². The predicted octanol–water partition coefficient (Wildman–Crippen LogP) is 15.9. The van der Waals surface area contributed by atoms with Crippen molar-refractivity contribution in [2.24, 2.45) is 5.16 Å². The Hall–Kier alpha value is -12.4. The number of nitrogens with two attached hydrogens (primary N) is 1. The van der Waals surface area contributed by atoms with Crippen LogP contribution >= 0.6 is 46.1 Å². The molecule has 0 spiro atoms. The number of oxime groups is 1. The highest BCUT2D eigenvalue weighted by Crippen LogP contribution is 2.45. The van der Waals surface area contributed by atoms with Crippen molar-refractivity contribution in [3.8, 4) is 68.5 Å². The summed E-state index contributed by atoms with van der Waals surface area (Å²) in [4.78, 5) is 111. The number of cyclic esters (lactones) is 1. The molecule has 682 valence electrons. The molecule has 2 fully saturated rings. The number of phenols is 4. The molecule has 5 amide bonds. The monoisotopic (exact) mass is 1840 g/mol. The van der Waals surface area contributed by atoms with Crippen LogP contribution in [-0.4, -0.2) is 205 Å². The number of anilines is 2. The number of fused-ring (bicyclic) bond motifs is 3. The van der Waals surface area contributed by atoms with Crippen LogP contribution in [0.2, 0.25) is 15.1 Å². The number of thiophene rings is 1. The summed E-state index contributed by atoms with van der Waals surface area (Å²) in [5, 5.41) is 61.9. The number of hydrogen-bond acceptors (Lipinski definition) is 27. The van der Waals surface area contributed by atoms with Crippen LogP contribution in [0.3, 0.4) is 0 Å². The number of halogens is 4. The largest absolute Gasteiger partial charge is 0.508 e. The third-order valence-corrected chi connectivity index (χ3v) is 23.3. The molecule has 10 N–H and O–H groups in total. The van der Waals surface area contributed by atoms with Crippen LogP contribution in [0.4, 0.5) is 16.0 Å². The lowest BCUT2D eigenvalue weighted by molar-refractivity contribution is -0.137. The SMILES string of the molecule is CCNC(=O)c1cc2c(-c3cc(OCCN(CC)CC)c(Cl)cc3Cl)nc(N)nc2s1.CCNC(=O)c1noc(-c2cc(C(C)C)c(O)cc2O)c1NC(=O)c1ccc(CN2CCOCC2)cc1.COc1cccc(-c2cc(F)ccc2[C@H]2Cc3nc(C)nc(C)c3C(=O)N2)n1.O=C1OCC/C=C/CC/C=C/C(=N/OCC(=O)N2CCCCC2)Cc2c(Cl)c(O)cc(O)c21. The Morgan fingerprint density at radius 1 is 0.752 bits per heavy atom. The molecule has 0 radical (unpaired) electrons. The van der Waals surface area contributed by atoms with E-state index >= 15 is 0 Å². The van der Waals surface area contributed by atoms with E-state index in [-0.39, 0.29) is 117 Å². The molecule has 129 heavy (non-hydrogen) atoms. The lowest BCUT2D eigenvalue weighted by atomic mass is 9.90. The van der Waals surface area contributed by atoms with Gasteiger partial charge in [-0.15, -0.1) is 11.3 Å². The van der Waals surface area contributed by atoms with Crippen molar-refractivity contribution in [2.45, 2.75) is 125 Å². The number of methoxy groups -OCH3 is 1. The number of nitrogen functional groups attached to an aromatic ring is 1. The number of ether oxygens (including phenoxy) is 4. The maximum Gasteiger partial charge on any atom is 0.342 e. The lowest BCUT2D eigenvalue weighted by Crippen LogP contribution is -2.37. The summed E-state index contributed by atoms with van der Waals surface area (Å²) >= 11 is 20.4. The number of hydrogen-bond donors (Lipinski definition) is 9. The normalized spacial score (nSPS) is 15.5. The van der Waals surface area contributed by atoms with E-state index in [1.165, 1.54) is 36.6 Å². The summed E-state index contributed by atoms with van der Waals surface area (Å²) < 4.78 is 41.3. The van der Waals surface area contributed by atoms with Gasteiger partial charge in [-0.3, -0.25) is 28.9 Å². The number of aromatic hydroxyl groups is 4. The number of aromatic nitrogens is 6. The first-order valence-electron chi connectivity index (χ1n) is 42.5. The number of nitrogens with one attached hydrogen (secondary N) is 4. The summed E-state index contributed by atoms with van der Waals surface area (Å²) in [6.07, 6.45) is 13.2. The minimum Gasteiger partial charge on any atom is -0.508 e. The Morgan fingerprint density at radius 3 is 2.19 bits per heavy atom. The molecule has 0 unspecified atom stereocenters. The summed E-state index contributed by atoms with van der Waals surface area (Å²) in [5.74, 6) is -2.17. The van der Waals surface area contributed by atoms with Gasteiger partial charge < -0.3 is 85.5 Å². The zero-order valence-corrected chi connectivity index (χ0v) is 76.2. The number of aryl methyl sites for hydroxylation is 2. The predicted molar refractivity (Wildman–Crippen MR) is 493 cm³/mol. The summed E-state index contributed by atoms with van der Waals surface area (Å²) in [6.45, 7) is 24.6. The van der Waals surface area contributed by atoms with Crippen molar-refractivity contribution in [1.29, 1.82) is 0 Å². The lowest BCUT2D eigenvalue weighted by Gasteiger charge is -2.27. The van der Waals surface area contributed by atoms with E-state index in [1.807, 2.05) is 51.1 Å². The van der Waals surface area contributed by atoms with Gasteiger partial charge in [0.25, 0.3) is 29.5 Å². The number of esters is 1. The molecule has 0 saturated carbocycles. The fraction of sp³-hybridized carbons (Fsp3) is 0.366. The van der Waals surface area contributed by atoms with E-state index in [1.54, 1.807) is 92.4 Å². The van der Waals surface area contributed by atoms with E-state index in [0.29, 0.717) is 145 Å². The number of carbonyl (C=O) groups excluding carboxylic acids is 6. The Kier molecular flexibility index (Phi) is 35.1. The van der Waals surface area contributed by atoms with Crippen molar-refractivity contribution in [2.75, 3.05) is 110 Å². The first-order valence-corrected chi connectivity index (χ1v) is 44.4. The Labute approximate surface area is 765 Å². The third-order valence-electron chi connectivity index (χ3n) is 21.3. The number of amides is 5. The number of rotatable bonds is 23. The van der Waals surface area contributed by atoms with Crippen molar-refractivity contribution >= 4 is 109 Å². The van der Waals surface area contributed by atoms with Gasteiger partial charge in [0.15, 0.2) is 18.1 Å². The number of piperidine rings is 1. The van der Waals surface area contributed by atoms with Crippen LogP contribution in [0.1, 0.15) is 183 Å². The van der Waals surface area contributed by atoms with Crippen LogP contribution < -0.4 is 36.5 Å². The van der Waals surface area contributed by atoms with Crippen molar-refractivity contribution in [3.63, 3.8) is 0 Å². The minimum absolute atomic E-state index is 0.0120. The number of allylic oxidation sites excluding steroid dienone is 3. The second kappa shape index (κ2) is 46.6. The maximum absolute atomic E-state index is 14.0. The van der Waals surface area contributed by atoms with Gasteiger partial charge in [0.1, 0.15) is 63.1 Å². The van der Waals surface area contributed by atoms with Gasteiger partial charge in [-0.25, -0.2) is 34.1 Å². The zero-order valence-electron chi connectivity index (χ0n) is 73.1. The van der Waals surface area contributed by atoms with Crippen LogP contribution in [0.15, 0.2) is 131 Å². The number of likely N-dealkylation sites (tertiary alicyclic amines) is 1. The van der Waals surface area contributed by atoms with Crippen molar-refractivity contribution < 1.29 is 81.9 Å². The molecule has 4 aliphatic heterocycles. The standard InChI is InChI=1S/C27H32N4O6.C24H29ClN2O6.C21H25Cl2N5O2S.C21H19FN4O2/c1-4-28-27(35)24-23(25(37-30-24)20-13-19(16(2)3)21(32)14-22(20)33)29-26(34)18-7-5-17(6-8-18)15-31-9-11-36-12-10-31;25-23-18-14-17(26-33-16-21(30)27-11-7-5-8-12-27)10-6-3-1-2-4-9-13-32-24(31)22(18)19(28)15-20(23)29;1-4-25-19(29)17-10-13-18(26-21(24)27-20(13)31-17)12-9-16(15(23)11-14(12)22)30-8-7-28(5-2)6-3;1-11-20-18(24-12(2)23-11)10-17(26-21(20)27)14-8-7-13(22)9-15(14)16-5-4-6-19(25-16)28-3/h5-8,13-14,16,32-33H,4,9-12,15H2,1-3H3,(H,28,35)(H,29,34);2,4,6,10,15,28-29H,1,3,5,7-9,11-14,16H2;9-11H,4-8H2,1-3H3,(H,25,29)(H2,24,26,27);4-9,17H,10H2,1-3H3,(H,26,27)/b;4-2+,10-6+,26-17-;;/t;;;17-/m...1/s1. The molecule has 31 nitrogen and oxygen atoms in total. The Morgan fingerprint density at radius 2 is 1.47 bits per heavy atom. The molecule has 0 aliphatic carbocycles. The smallest absolute Gasteiger partial charge is 0.342 e. The number of likely N-dealkylation sites (N-methyl/N-ethyl adjacent to an activating group) is 1. The van der Waals surface area contributed by atoms with E-state index in [0.717, 1.165) is 102 Å². The fourth-order valence-corrected chi connectivity index (χ4v) is 16.4. The molecule has 5 aromatic heterocycles. The molecule has 14 rings (SSSR count). The fourth-order valence-electron chi connectivity index (χ4n) is 14.7. The summed E-state index contributed by atoms with van der Waals surface area (Å²) in [6, 6.07) is 25.6. The van der Waals surface area contributed by atoms with Gasteiger partial charge >= 0.3 is 5.97 Å². The molecule has 2 saturated heterocycles. The van der Waals surface area contributed by atoms with Gasteiger partial charge in [-0.05, 0) is 168 Å². The molecule has 4 aliphatic rings. The molecule has 5 aromatic carbocycles. The van der Waals surface area contributed by atoms with Gasteiger partial charge in [-0.2, -0.15) is 0 Å². The van der Waals surface area contributed by atoms with Gasteiger partial charge in [0.05, 0.1) is 92.5 Å². The second-order valence-electron chi connectivity index (χ2n) is 30.6. The van der Waals surface area contributed by atoms with E-state index in [4.69, 9.17) is 68.8 Å². The number of morpholine rings is 1. The van der Waals surface area contributed by atoms with Crippen LogP contribution in [-0.2, 0) is 38.5 Å². The topological polar surface area (TPSA) is 416 Å². The highest BCUT2D eigenvalue weighted by molar-refractivity contribution is 7.20. The maximum atomic E-state index is 14.0. The van der Waals surface area contributed by atoms with Gasteiger partial charge in [-0.1, -0.05) is 115 Å². The minimum atomic E-state index is -0.751. The zero-order chi connectivity index (χ0) is 92.5. The number of nitrogens with zero attached hydrogens (tertiary/aromatic N) is 10. The molecule has 1 atom stereocenters. The van der Waals surface area contributed by atoms with Crippen LogP contribution in [0.25, 0.3) is 44.1 Å². The van der Waals surface area contributed by atoms with Crippen LogP contribution in [0, 0.1) is 19.7 Å². The summed E-state index contributed by atoms with van der Waals surface area (Å²) in [5.41, 5.74) is 13.5. The molecule has 0 bridgehead atoms. The first-order chi connectivity index (χ1) is 62.1. The average Bonchev–Trinajstić information content (AvgIpc) is 0.810. The number of benzene rings is 5. The van der Waals surface area contributed by atoms with E-state index in [2.05, 4.69) is 80.1 Å². The summed E-state index contributed by atoms with van der Waals surface area (Å²) in [7, 11) is 1.53. The molecule has 9 heterocycles.